The summed E-state index contributed by atoms with van der Waals surface area (Å²) in [5.41, 5.74) is 0. The zero-order valence-electron chi connectivity index (χ0n) is 13.3. The zero-order chi connectivity index (χ0) is 15.6. The van der Waals surface area contributed by atoms with E-state index in [0.717, 1.165) is 45.2 Å². The summed E-state index contributed by atoms with van der Waals surface area (Å²) in [6.45, 7) is 5.59. The van der Waals surface area contributed by atoms with Gasteiger partial charge >= 0.3 is 0 Å². The van der Waals surface area contributed by atoms with Gasteiger partial charge in [0.2, 0.25) is 5.89 Å². The molecule has 8 heteroatoms. The number of aliphatic imine (C=N–C) groups is 1. The molecule has 1 atom stereocenters. The maximum absolute atomic E-state index is 5.71. The third-order valence-electron chi connectivity index (χ3n) is 3.28. The van der Waals surface area contributed by atoms with E-state index in [1.807, 2.05) is 0 Å². The molecule has 0 aliphatic carbocycles. The molecule has 1 aromatic rings. The SMILES string of the molecule is CN=C(NCCCOC1CCOC1)NCCc1nc(C)no1. The minimum absolute atomic E-state index is 0.273. The number of nitrogens with one attached hydrogen (secondary N) is 2. The Morgan fingerprint density at radius 3 is 2.95 bits per heavy atom. The van der Waals surface area contributed by atoms with Crippen molar-refractivity contribution < 1.29 is 14.0 Å². The summed E-state index contributed by atoms with van der Waals surface area (Å²) >= 11 is 0. The molecule has 0 amide bonds. The average molecular weight is 311 g/mol. The smallest absolute Gasteiger partial charge is 0.228 e. The lowest BCUT2D eigenvalue weighted by atomic mass is 10.3. The van der Waals surface area contributed by atoms with Crippen molar-refractivity contribution in [2.24, 2.45) is 4.99 Å². The largest absolute Gasteiger partial charge is 0.379 e. The highest BCUT2D eigenvalue weighted by molar-refractivity contribution is 5.79. The van der Waals surface area contributed by atoms with E-state index in [1.165, 1.54) is 0 Å². The molecule has 2 rings (SSSR count). The highest BCUT2D eigenvalue weighted by Gasteiger charge is 2.15. The fourth-order valence-electron chi connectivity index (χ4n) is 2.12. The Labute approximate surface area is 130 Å². The van der Waals surface area contributed by atoms with Crippen LogP contribution in [-0.2, 0) is 15.9 Å². The topological polar surface area (TPSA) is 93.8 Å². The van der Waals surface area contributed by atoms with Crippen molar-refractivity contribution in [1.82, 2.24) is 20.8 Å². The molecule has 0 bridgehead atoms. The fraction of sp³-hybridized carbons (Fsp3) is 0.786. The molecule has 2 N–H and O–H groups in total. The molecule has 0 saturated carbocycles. The van der Waals surface area contributed by atoms with E-state index in [-0.39, 0.29) is 6.10 Å². The predicted molar refractivity (Wildman–Crippen MR) is 81.9 cm³/mol. The van der Waals surface area contributed by atoms with E-state index < -0.39 is 0 Å². The Kier molecular flexibility index (Phi) is 7.11. The Balaban J connectivity index is 1.51. The van der Waals surface area contributed by atoms with Crippen LogP contribution in [0.4, 0.5) is 0 Å². The van der Waals surface area contributed by atoms with E-state index in [4.69, 9.17) is 14.0 Å². The second-order valence-corrected chi connectivity index (χ2v) is 5.12. The first-order valence-electron chi connectivity index (χ1n) is 7.71. The standard InChI is InChI=1S/C14H25N5O3/c1-11-18-13(22-19-11)4-7-17-14(15-2)16-6-3-8-21-12-5-9-20-10-12/h12H,3-10H2,1-2H3,(H2,15,16,17). The normalized spacial score (nSPS) is 18.6. The van der Waals surface area contributed by atoms with Crippen LogP contribution in [0.15, 0.2) is 9.52 Å². The van der Waals surface area contributed by atoms with E-state index in [2.05, 4.69) is 25.8 Å². The van der Waals surface area contributed by atoms with Gasteiger partial charge in [-0.3, -0.25) is 4.99 Å². The third kappa shape index (κ3) is 5.98. The fourth-order valence-corrected chi connectivity index (χ4v) is 2.12. The molecular formula is C14H25N5O3. The number of ether oxygens (including phenoxy) is 2. The summed E-state index contributed by atoms with van der Waals surface area (Å²) in [4.78, 5) is 8.32. The molecule has 1 fully saturated rings. The van der Waals surface area contributed by atoms with Crippen LogP contribution in [0.1, 0.15) is 24.6 Å². The zero-order valence-corrected chi connectivity index (χ0v) is 13.3. The van der Waals surface area contributed by atoms with Gasteiger partial charge in [0.15, 0.2) is 11.8 Å². The maximum atomic E-state index is 5.71. The minimum atomic E-state index is 0.273. The minimum Gasteiger partial charge on any atom is -0.379 e. The maximum Gasteiger partial charge on any atom is 0.228 e. The summed E-state index contributed by atoms with van der Waals surface area (Å²) in [5.74, 6) is 2.05. The lowest BCUT2D eigenvalue weighted by molar-refractivity contribution is 0.0420. The second-order valence-electron chi connectivity index (χ2n) is 5.12. The Morgan fingerprint density at radius 2 is 2.27 bits per heavy atom. The van der Waals surface area contributed by atoms with Crippen molar-refractivity contribution in [3.05, 3.63) is 11.7 Å². The van der Waals surface area contributed by atoms with Crippen LogP contribution >= 0.6 is 0 Å². The Morgan fingerprint density at radius 1 is 1.41 bits per heavy atom. The molecule has 1 aromatic heterocycles. The second kappa shape index (κ2) is 9.37. The highest BCUT2D eigenvalue weighted by atomic mass is 16.5. The van der Waals surface area contributed by atoms with E-state index >= 15 is 0 Å². The van der Waals surface area contributed by atoms with Gasteiger partial charge in [-0.15, -0.1) is 0 Å². The van der Waals surface area contributed by atoms with Crippen molar-refractivity contribution in [3.63, 3.8) is 0 Å². The third-order valence-corrected chi connectivity index (χ3v) is 3.28. The molecule has 2 heterocycles. The Bertz CT molecular complexity index is 457. The van der Waals surface area contributed by atoms with E-state index in [0.29, 0.717) is 24.7 Å². The molecule has 0 radical (unpaired) electrons. The van der Waals surface area contributed by atoms with Crippen LogP contribution in [0.2, 0.25) is 0 Å². The van der Waals surface area contributed by atoms with Gasteiger partial charge < -0.3 is 24.6 Å². The molecule has 0 aromatic carbocycles. The quantitative estimate of drug-likeness (QED) is 0.404. The first-order valence-corrected chi connectivity index (χ1v) is 7.71. The molecule has 1 aliphatic rings. The van der Waals surface area contributed by atoms with E-state index in [1.54, 1.807) is 14.0 Å². The van der Waals surface area contributed by atoms with Gasteiger partial charge in [0.05, 0.1) is 12.7 Å². The van der Waals surface area contributed by atoms with Gasteiger partial charge in [-0.2, -0.15) is 4.98 Å². The number of nitrogens with zero attached hydrogens (tertiary/aromatic N) is 3. The van der Waals surface area contributed by atoms with Crippen molar-refractivity contribution in [2.75, 3.05) is 40.0 Å². The van der Waals surface area contributed by atoms with Crippen molar-refractivity contribution >= 4 is 5.96 Å². The molecule has 1 aliphatic heterocycles. The van der Waals surface area contributed by atoms with Crippen molar-refractivity contribution in [2.45, 2.75) is 32.3 Å². The summed E-state index contributed by atoms with van der Waals surface area (Å²) < 4.78 is 16.0. The van der Waals surface area contributed by atoms with Gasteiger partial charge in [0.1, 0.15) is 0 Å². The van der Waals surface area contributed by atoms with Crippen LogP contribution < -0.4 is 10.6 Å². The van der Waals surface area contributed by atoms with Crippen molar-refractivity contribution in [3.8, 4) is 0 Å². The molecule has 1 saturated heterocycles. The number of hydrogen-bond donors (Lipinski definition) is 2. The predicted octanol–water partition coefficient (Wildman–Crippen LogP) is 0.281. The first-order chi connectivity index (χ1) is 10.8. The van der Waals surface area contributed by atoms with Crippen LogP contribution in [0.25, 0.3) is 0 Å². The molecule has 1 unspecified atom stereocenters. The summed E-state index contributed by atoms with van der Waals surface area (Å²) in [6.07, 6.45) is 2.88. The number of rotatable bonds is 8. The first kappa shape index (κ1) is 16.7. The average Bonchev–Trinajstić information content (AvgIpc) is 3.17. The number of guanidine groups is 1. The lowest BCUT2D eigenvalue weighted by Gasteiger charge is -2.12. The summed E-state index contributed by atoms with van der Waals surface area (Å²) in [7, 11) is 1.75. The van der Waals surface area contributed by atoms with E-state index in [9.17, 15) is 0 Å². The van der Waals surface area contributed by atoms with Gasteiger partial charge in [-0.05, 0) is 19.8 Å². The Hall–Kier alpha value is -1.67. The van der Waals surface area contributed by atoms with Crippen LogP contribution in [-0.4, -0.2) is 62.2 Å². The summed E-state index contributed by atoms with van der Waals surface area (Å²) in [6, 6.07) is 0. The molecule has 8 nitrogen and oxygen atoms in total. The monoisotopic (exact) mass is 311 g/mol. The molecule has 124 valence electrons. The molecule has 0 spiro atoms. The van der Waals surface area contributed by atoms with Gasteiger partial charge in [-0.1, -0.05) is 5.16 Å². The van der Waals surface area contributed by atoms with Crippen LogP contribution in [0, 0.1) is 6.92 Å². The van der Waals surface area contributed by atoms with Gasteiger partial charge in [-0.25, -0.2) is 0 Å². The lowest BCUT2D eigenvalue weighted by Crippen LogP contribution is -2.39. The van der Waals surface area contributed by atoms with Gasteiger partial charge in [0.25, 0.3) is 0 Å². The summed E-state index contributed by atoms with van der Waals surface area (Å²) in [5, 5.41) is 10.2. The van der Waals surface area contributed by atoms with Crippen LogP contribution in [0.5, 0.6) is 0 Å². The van der Waals surface area contributed by atoms with Crippen LogP contribution in [0.3, 0.4) is 0 Å². The highest BCUT2D eigenvalue weighted by Crippen LogP contribution is 2.07. The number of aryl methyl sites for hydroxylation is 1. The van der Waals surface area contributed by atoms with Crippen molar-refractivity contribution in [1.29, 1.82) is 0 Å². The van der Waals surface area contributed by atoms with Gasteiger partial charge in [0, 0.05) is 39.8 Å². The molecular weight excluding hydrogens is 286 g/mol. The molecule has 22 heavy (non-hydrogen) atoms. The number of hydrogen-bond acceptors (Lipinski definition) is 6. The number of aromatic nitrogens is 2.